The normalized spacial score (nSPS) is 18.4. The number of morpholine rings is 1. The molecule has 1 aromatic heterocycles. The topological polar surface area (TPSA) is 77.7 Å². The quantitative estimate of drug-likeness (QED) is 0.682. The van der Waals surface area contributed by atoms with Crippen LogP contribution in [0.2, 0.25) is 0 Å². The molecule has 0 N–H and O–H groups in total. The zero-order valence-corrected chi connectivity index (χ0v) is 16.1. The first kappa shape index (κ1) is 17.9. The molecule has 0 aliphatic carbocycles. The first-order valence-corrected chi connectivity index (χ1v) is 9.75. The Morgan fingerprint density at radius 3 is 2.66 bits per heavy atom. The lowest BCUT2D eigenvalue weighted by Gasteiger charge is -2.26. The maximum atomic E-state index is 12.6. The van der Waals surface area contributed by atoms with Gasteiger partial charge in [-0.1, -0.05) is 35.5 Å². The smallest absolute Gasteiger partial charge is 0.268 e. The minimum atomic E-state index is -0.269. The van der Waals surface area contributed by atoms with Crippen LogP contribution >= 0.6 is 0 Å². The van der Waals surface area contributed by atoms with Crippen molar-refractivity contribution in [3.8, 4) is 17.1 Å². The largest absolute Gasteiger partial charge is 0.480 e. The van der Waals surface area contributed by atoms with Crippen molar-refractivity contribution in [2.75, 3.05) is 26.3 Å². The number of nitrogens with zero attached hydrogens (tertiary/aromatic N) is 3. The van der Waals surface area contributed by atoms with Gasteiger partial charge < -0.3 is 18.9 Å². The fourth-order valence-corrected chi connectivity index (χ4v) is 3.76. The lowest BCUT2D eigenvalue weighted by atomic mass is 10.1. The highest BCUT2D eigenvalue weighted by Gasteiger charge is 2.30. The average Bonchev–Trinajstić information content (AvgIpc) is 3.42. The van der Waals surface area contributed by atoms with Crippen molar-refractivity contribution >= 4 is 5.91 Å². The van der Waals surface area contributed by atoms with Gasteiger partial charge in [-0.2, -0.15) is 4.98 Å². The Kier molecular flexibility index (Phi) is 4.52. The third-order valence-corrected chi connectivity index (χ3v) is 5.36. The monoisotopic (exact) mass is 391 g/mol. The molecule has 0 spiro atoms. The molecule has 3 aromatic rings. The van der Waals surface area contributed by atoms with Gasteiger partial charge in [-0.25, -0.2) is 0 Å². The van der Waals surface area contributed by atoms with Crippen molar-refractivity contribution in [3.63, 3.8) is 0 Å². The minimum Gasteiger partial charge on any atom is -0.480 e. The highest BCUT2D eigenvalue weighted by molar-refractivity contribution is 5.94. The predicted molar refractivity (Wildman–Crippen MR) is 105 cm³/mol. The molecule has 2 aliphatic heterocycles. The summed E-state index contributed by atoms with van der Waals surface area (Å²) in [6.07, 6.45) is 0.445. The van der Waals surface area contributed by atoms with Crippen molar-refractivity contribution in [3.05, 3.63) is 65.0 Å². The number of carbonyl (C=O) groups excluding carboxylic acids is 1. The Bertz CT molecular complexity index is 1040. The summed E-state index contributed by atoms with van der Waals surface area (Å²) < 4.78 is 16.8. The molecular formula is C22H21N3O4. The molecule has 0 radical (unpaired) electrons. The number of hydrogen-bond acceptors (Lipinski definition) is 6. The van der Waals surface area contributed by atoms with E-state index in [9.17, 15) is 4.79 Å². The van der Waals surface area contributed by atoms with Crippen molar-refractivity contribution in [2.45, 2.75) is 19.4 Å². The molecule has 3 heterocycles. The van der Waals surface area contributed by atoms with E-state index >= 15 is 0 Å². The molecule has 1 atom stereocenters. The summed E-state index contributed by atoms with van der Waals surface area (Å²) >= 11 is 0. The Morgan fingerprint density at radius 2 is 1.90 bits per heavy atom. The molecule has 148 valence electrons. The van der Waals surface area contributed by atoms with Crippen LogP contribution in [0.15, 0.2) is 47.0 Å². The maximum Gasteiger partial charge on any atom is 0.268 e. The summed E-state index contributed by atoms with van der Waals surface area (Å²) in [5.41, 5.74) is 3.70. The standard InChI is InChI=1S/C22H21N3O4/c1-14-3-2-4-17-13-18(28-19(14)17)21-23-20(24-29-21)15-5-7-16(8-6-15)22(26)25-9-11-27-12-10-25/h2-8,18H,9-13H2,1H3. The van der Waals surface area contributed by atoms with Crippen LogP contribution in [-0.4, -0.2) is 47.3 Å². The minimum absolute atomic E-state index is 0.0149. The lowest BCUT2D eigenvalue weighted by Crippen LogP contribution is -2.40. The molecule has 0 saturated carbocycles. The second kappa shape index (κ2) is 7.33. The van der Waals surface area contributed by atoms with E-state index < -0.39 is 0 Å². The molecule has 1 amide bonds. The number of rotatable bonds is 3. The summed E-state index contributed by atoms with van der Waals surface area (Å²) in [6.45, 7) is 4.44. The fourth-order valence-electron chi connectivity index (χ4n) is 3.76. The molecule has 1 unspecified atom stereocenters. The number of hydrogen-bond donors (Lipinski definition) is 0. The van der Waals surface area contributed by atoms with E-state index in [0.29, 0.717) is 50.0 Å². The van der Waals surface area contributed by atoms with Gasteiger partial charge in [0.25, 0.3) is 11.8 Å². The number of aromatic nitrogens is 2. The number of amides is 1. The van der Waals surface area contributed by atoms with Gasteiger partial charge in [0.2, 0.25) is 5.82 Å². The van der Waals surface area contributed by atoms with Crippen molar-refractivity contribution in [1.29, 1.82) is 0 Å². The van der Waals surface area contributed by atoms with Gasteiger partial charge in [0.05, 0.1) is 13.2 Å². The van der Waals surface area contributed by atoms with Gasteiger partial charge in [0.15, 0.2) is 6.10 Å². The Balaban J connectivity index is 1.31. The predicted octanol–water partition coefficient (Wildman–Crippen LogP) is 3.19. The molecule has 1 saturated heterocycles. The fraction of sp³-hybridized carbons (Fsp3) is 0.318. The number of fused-ring (bicyclic) bond motifs is 1. The molecule has 2 aromatic carbocycles. The molecule has 7 nitrogen and oxygen atoms in total. The summed E-state index contributed by atoms with van der Waals surface area (Å²) in [4.78, 5) is 18.9. The SMILES string of the molecule is Cc1cccc2c1OC(c1nc(-c3ccc(C(=O)N4CCOCC4)cc3)no1)C2. The van der Waals surface area contributed by atoms with Crippen LogP contribution in [0, 0.1) is 6.92 Å². The first-order valence-electron chi connectivity index (χ1n) is 9.75. The molecule has 2 aliphatic rings. The highest BCUT2D eigenvalue weighted by Crippen LogP contribution is 2.38. The lowest BCUT2D eigenvalue weighted by molar-refractivity contribution is 0.0303. The molecule has 1 fully saturated rings. The van der Waals surface area contributed by atoms with Crippen LogP contribution < -0.4 is 4.74 Å². The number of carbonyl (C=O) groups is 1. The van der Waals surface area contributed by atoms with Crippen LogP contribution in [0.4, 0.5) is 0 Å². The van der Waals surface area contributed by atoms with Crippen LogP contribution in [0.25, 0.3) is 11.4 Å². The Labute approximate surface area is 168 Å². The van der Waals surface area contributed by atoms with Crippen LogP contribution in [0.1, 0.15) is 33.5 Å². The van der Waals surface area contributed by atoms with Crippen LogP contribution in [-0.2, 0) is 11.2 Å². The van der Waals surface area contributed by atoms with E-state index in [0.717, 1.165) is 22.4 Å². The van der Waals surface area contributed by atoms with Gasteiger partial charge in [0, 0.05) is 30.6 Å². The third kappa shape index (κ3) is 3.38. The van der Waals surface area contributed by atoms with Gasteiger partial charge >= 0.3 is 0 Å². The molecule has 0 bridgehead atoms. The molecule has 7 heteroatoms. The Morgan fingerprint density at radius 1 is 1.10 bits per heavy atom. The van der Waals surface area contributed by atoms with Crippen LogP contribution in [0.5, 0.6) is 5.75 Å². The van der Waals surface area contributed by atoms with Gasteiger partial charge in [0.1, 0.15) is 5.75 Å². The van der Waals surface area contributed by atoms with E-state index in [1.165, 1.54) is 0 Å². The second-order valence-electron chi connectivity index (χ2n) is 7.31. The van der Waals surface area contributed by atoms with E-state index in [1.807, 2.05) is 36.1 Å². The maximum absolute atomic E-state index is 12.6. The molecular weight excluding hydrogens is 370 g/mol. The molecule has 29 heavy (non-hydrogen) atoms. The average molecular weight is 391 g/mol. The van der Waals surface area contributed by atoms with E-state index in [1.54, 1.807) is 12.1 Å². The van der Waals surface area contributed by atoms with E-state index in [4.69, 9.17) is 14.0 Å². The number of para-hydroxylation sites is 1. The second-order valence-corrected chi connectivity index (χ2v) is 7.31. The Hall–Kier alpha value is -3.19. The van der Waals surface area contributed by atoms with Crippen molar-refractivity contribution in [2.24, 2.45) is 0 Å². The summed E-state index contributed by atoms with van der Waals surface area (Å²) in [7, 11) is 0. The van der Waals surface area contributed by atoms with Gasteiger partial charge in [-0.15, -0.1) is 0 Å². The van der Waals surface area contributed by atoms with Gasteiger partial charge in [-0.3, -0.25) is 4.79 Å². The van der Waals surface area contributed by atoms with E-state index in [2.05, 4.69) is 16.2 Å². The summed E-state index contributed by atoms with van der Waals surface area (Å²) in [5.74, 6) is 1.87. The zero-order valence-electron chi connectivity index (χ0n) is 16.1. The number of ether oxygens (including phenoxy) is 2. The summed E-state index contributed by atoms with van der Waals surface area (Å²) in [6, 6.07) is 13.4. The van der Waals surface area contributed by atoms with Crippen molar-refractivity contribution in [1.82, 2.24) is 15.0 Å². The summed E-state index contributed by atoms with van der Waals surface area (Å²) in [5, 5.41) is 4.10. The number of aryl methyl sites for hydroxylation is 1. The zero-order chi connectivity index (χ0) is 19.8. The van der Waals surface area contributed by atoms with Gasteiger partial charge in [-0.05, 0) is 30.2 Å². The third-order valence-electron chi connectivity index (χ3n) is 5.36. The van der Waals surface area contributed by atoms with E-state index in [-0.39, 0.29) is 12.0 Å². The first-order chi connectivity index (χ1) is 14.2. The molecule has 5 rings (SSSR count). The number of benzene rings is 2. The van der Waals surface area contributed by atoms with Crippen LogP contribution in [0.3, 0.4) is 0 Å². The highest BCUT2D eigenvalue weighted by atomic mass is 16.5. The van der Waals surface area contributed by atoms with Crippen molar-refractivity contribution < 1.29 is 18.8 Å².